The first-order valence-electron chi connectivity index (χ1n) is 12.3. The number of carbonyl (C=O) groups is 1. The maximum Gasteiger partial charge on any atom is 0.251 e. The van der Waals surface area contributed by atoms with Gasteiger partial charge in [-0.15, -0.1) is 5.10 Å². The van der Waals surface area contributed by atoms with Crippen molar-refractivity contribution in [1.82, 2.24) is 29.8 Å². The molecule has 0 spiro atoms. The van der Waals surface area contributed by atoms with Crippen molar-refractivity contribution in [1.29, 1.82) is 5.26 Å². The summed E-state index contributed by atoms with van der Waals surface area (Å²) in [4.78, 5) is 23.9. The van der Waals surface area contributed by atoms with Gasteiger partial charge in [0.25, 0.3) is 5.91 Å². The standard InChI is InChI=1S/C27H26N8O/c28-14-18-11-13-34(16-18)17-23-8-5-20(15-29-23)24-2-1-12-35-25(24)32-27(33-35)31-22-6-3-19(4-7-22)26(36)30-21-9-10-21/h1-8,12,15,18,21H,9-11,13,16-17H2,(H,30,36)(H,31,33)/t18-/m1/s1. The number of anilines is 2. The molecule has 6 rings (SSSR count). The lowest BCUT2D eigenvalue weighted by atomic mass is 10.1. The second-order valence-corrected chi connectivity index (χ2v) is 9.46. The van der Waals surface area contributed by atoms with Gasteiger partial charge in [0.05, 0.1) is 17.7 Å². The summed E-state index contributed by atoms with van der Waals surface area (Å²) in [5.41, 5.74) is 5.07. The van der Waals surface area contributed by atoms with E-state index in [9.17, 15) is 4.79 Å². The van der Waals surface area contributed by atoms with Crippen molar-refractivity contribution in [2.45, 2.75) is 31.8 Å². The molecule has 3 aromatic heterocycles. The molecule has 36 heavy (non-hydrogen) atoms. The summed E-state index contributed by atoms with van der Waals surface area (Å²) >= 11 is 0. The van der Waals surface area contributed by atoms with Gasteiger partial charge in [-0.1, -0.05) is 6.07 Å². The molecule has 2 N–H and O–H groups in total. The highest BCUT2D eigenvalue weighted by molar-refractivity contribution is 5.95. The lowest BCUT2D eigenvalue weighted by Crippen LogP contribution is -2.25. The van der Waals surface area contributed by atoms with E-state index in [1.165, 1.54) is 0 Å². The zero-order valence-electron chi connectivity index (χ0n) is 19.8. The lowest BCUT2D eigenvalue weighted by Gasteiger charge is -2.14. The Morgan fingerprint density at radius 3 is 2.69 bits per heavy atom. The van der Waals surface area contributed by atoms with Crippen molar-refractivity contribution < 1.29 is 4.79 Å². The molecule has 1 aliphatic heterocycles. The number of carbonyl (C=O) groups excluding carboxylic acids is 1. The van der Waals surface area contributed by atoms with E-state index in [1.54, 1.807) is 16.6 Å². The Hall–Kier alpha value is -4.29. The monoisotopic (exact) mass is 478 g/mol. The third-order valence-corrected chi connectivity index (χ3v) is 6.65. The van der Waals surface area contributed by atoms with Crippen molar-refractivity contribution in [3.8, 4) is 17.2 Å². The van der Waals surface area contributed by atoms with Crippen LogP contribution in [-0.4, -0.2) is 49.5 Å². The molecule has 1 atom stereocenters. The third-order valence-electron chi connectivity index (χ3n) is 6.65. The molecule has 1 saturated heterocycles. The second kappa shape index (κ2) is 9.40. The van der Waals surface area contributed by atoms with Gasteiger partial charge in [-0.25, -0.2) is 4.52 Å². The number of nitrogens with one attached hydrogen (secondary N) is 2. The largest absolute Gasteiger partial charge is 0.349 e. The van der Waals surface area contributed by atoms with Gasteiger partial charge in [-0.2, -0.15) is 10.2 Å². The minimum absolute atomic E-state index is 0.0361. The molecule has 1 aliphatic carbocycles. The van der Waals surface area contributed by atoms with Gasteiger partial charge < -0.3 is 10.6 Å². The van der Waals surface area contributed by atoms with Gasteiger partial charge in [-0.05, 0) is 68.3 Å². The van der Waals surface area contributed by atoms with E-state index in [2.05, 4.69) is 37.8 Å². The number of aromatic nitrogens is 4. The fourth-order valence-corrected chi connectivity index (χ4v) is 4.50. The summed E-state index contributed by atoms with van der Waals surface area (Å²) < 4.78 is 1.75. The van der Waals surface area contributed by atoms with Crippen LogP contribution < -0.4 is 10.6 Å². The summed E-state index contributed by atoms with van der Waals surface area (Å²) in [5.74, 6) is 0.566. The fraction of sp³-hybridized carbons (Fsp3) is 0.296. The topological polar surface area (TPSA) is 111 Å². The summed E-state index contributed by atoms with van der Waals surface area (Å²) in [6.45, 7) is 2.50. The summed E-state index contributed by atoms with van der Waals surface area (Å²) in [6.07, 6.45) is 6.80. The van der Waals surface area contributed by atoms with Crippen LogP contribution in [0.5, 0.6) is 0 Å². The van der Waals surface area contributed by atoms with Crippen LogP contribution in [0.25, 0.3) is 16.8 Å². The van der Waals surface area contributed by atoms with Crippen molar-refractivity contribution in [3.05, 3.63) is 72.2 Å². The predicted octanol–water partition coefficient (Wildman–Crippen LogP) is 3.77. The van der Waals surface area contributed by atoms with Crippen molar-refractivity contribution in [2.75, 3.05) is 18.4 Å². The molecule has 2 fully saturated rings. The molecule has 1 aromatic carbocycles. The van der Waals surface area contributed by atoms with E-state index in [0.29, 0.717) is 17.6 Å². The van der Waals surface area contributed by atoms with Crippen molar-refractivity contribution in [2.24, 2.45) is 5.92 Å². The maximum absolute atomic E-state index is 12.2. The van der Waals surface area contributed by atoms with E-state index in [-0.39, 0.29) is 11.8 Å². The van der Waals surface area contributed by atoms with Gasteiger partial charge in [0.1, 0.15) is 0 Å². The number of nitrogens with zero attached hydrogens (tertiary/aromatic N) is 6. The zero-order chi connectivity index (χ0) is 24.5. The fourth-order valence-electron chi connectivity index (χ4n) is 4.50. The van der Waals surface area contributed by atoms with Crippen LogP contribution in [-0.2, 0) is 6.54 Å². The molecule has 2 aliphatic rings. The highest BCUT2D eigenvalue weighted by Gasteiger charge is 2.24. The first-order valence-corrected chi connectivity index (χ1v) is 12.3. The molecule has 9 heteroatoms. The van der Waals surface area contributed by atoms with E-state index in [1.807, 2.05) is 42.7 Å². The lowest BCUT2D eigenvalue weighted by molar-refractivity contribution is 0.0951. The molecule has 0 unspecified atom stereocenters. The Balaban J connectivity index is 1.16. The number of nitriles is 1. The Morgan fingerprint density at radius 2 is 1.97 bits per heavy atom. The second-order valence-electron chi connectivity index (χ2n) is 9.46. The first kappa shape index (κ1) is 22.2. The normalized spacial score (nSPS) is 17.7. The third kappa shape index (κ3) is 4.76. The zero-order valence-corrected chi connectivity index (χ0v) is 19.8. The Morgan fingerprint density at radius 1 is 1.11 bits per heavy atom. The van der Waals surface area contributed by atoms with Gasteiger partial charge in [0, 0.05) is 53.9 Å². The van der Waals surface area contributed by atoms with Crippen LogP contribution in [0.3, 0.4) is 0 Å². The smallest absolute Gasteiger partial charge is 0.251 e. The Kier molecular flexibility index (Phi) is 5.79. The highest BCUT2D eigenvalue weighted by Crippen LogP contribution is 2.26. The van der Waals surface area contributed by atoms with Crippen LogP contribution in [0.15, 0.2) is 60.9 Å². The number of benzene rings is 1. The molecule has 1 amide bonds. The highest BCUT2D eigenvalue weighted by atomic mass is 16.1. The Labute approximate surface area is 208 Å². The number of pyridine rings is 2. The average Bonchev–Trinajstić information content (AvgIpc) is 3.43. The van der Waals surface area contributed by atoms with E-state index in [0.717, 1.165) is 67.1 Å². The van der Waals surface area contributed by atoms with Gasteiger partial charge in [-0.3, -0.25) is 14.7 Å². The van der Waals surface area contributed by atoms with Crippen LogP contribution in [0.1, 0.15) is 35.3 Å². The van der Waals surface area contributed by atoms with Crippen molar-refractivity contribution >= 4 is 23.2 Å². The number of rotatable bonds is 7. The molecule has 4 aromatic rings. The van der Waals surface area contributed by atoms with Gasteiger partial charge in [0.15, 0.2) is 5.65 Å². The minimum atomic E-state index is -0.0361. The number of fused-ring (bicyclic) bond motifs is 1. The number of amides is 1. The summed E-state index contributed by atoms with van der Waals surface area (Å²) in [6, 6.07) is 18.1. The summed E-state index contributed by atoms with van der Waals surface area (Å²) in [5, 5.41) is 19.9. The minimum Gasteiger partial charge on any atom is -0.349 e. The number of hydrogen-bond donors (Lipinski definition) is 2. The number of likely N-dealkylation sites (tertiary alicyclic amines) is 1. The van der Waals surface area contributed by atoms with Crippen LogP contribution >= 0.6 is 0 Å². The molecular weight excluding hydrogens is 452 g/mol. The van der Waals surface area contributed by atoms with Gasteiger partial charge in [0.2, 0.25) is 5.95 Å². The predicted molar refractivity (Wildman–Crippen MR) is 135 cm³/mol. The Bertz CT molecular complexity index is 1430. The quantitative estimate of drug-likeness (QED) is 0.416. The van der Waals surface area contributed by atoms with Crippen LogP contribution in [0.4, 0.5) is 11.6 Å². The molecule has 9 nitrogen and oxygen atoms in total. The van der Waals surface area contributed by atoms with Crippen LogP contribution in [0, 0.1) is 17.2 Å². The number of hydrogen-bond acceptors (Lipinski definition) is 7. The first-order chi connectivity index (χ1) is 17.6. The summed E-state index contributed by atoms with van der Waals surface area (Å²) in [7, 11) is 0. The van der Waals surface area contributed by atoms with E-state index in [4.69, 9.17) is 10.2 Å². The maximum atomic E-state index is 12.2. The molecule has 4 heterocycles. The molecule has 180 valence electrons. The molecule has 1 saturated carbocycles. The van der Waals surface area contributed by atoms with Crippen molar-refractivity contribution in [3.63, 3.8) is 0 Å². The molecule has 0 radical (unpaired) electrons. The van der Waals surface area contributed by atoms with E-state index < -0.39 is 0 Å². The van der Waals surface area contributed by atoms with Crippen LogP contribution in [0.2, 0.25) is 0 Å². The molecular formula is C27H26N8O. The SMILES string of the molecule is N#C[C@H]1CCN(Cc2ccc(-c3cccn4nc(Nc5ccc(C(=O)NC6CC6)cc5)nc34)cn2)C1. The van der Waals surface area contributed by atoms with Gasteiger partial charge >= 0.3 is 0 Å². The average molecular weight is 479 g/mol. The molecule has 0 bridgehead atoms. The van der Waals surface area contributed by atoms with E-state index >= 15 is 0 Å².